The van der Waals surface area contributed by atoms with Crippen LogP contribution in [-0.2, 0) is 6.54 Å². The fraction of sp³-hybridized carbons (Fsp3) is 0.150. The summed E-state index contributed by atoms with van der Waals surface area (Å²) in [5, 5.41) is 0.704. The lowest BCUT2D eigenvalue weighted by atomic mass is 10.1. The Labute approximate surface area is 145 Å². The molecule has 0 amide bonds. The number of imidazole rings is 1. The number of hydrogen-bond donors (Lipinski definition) is 0. The van der Waals surface area contributed by atoms with Gasteiger partial charge in [-0.15, -0.1) is 0 Å². The first-order valence-corrected chi connectivity index (χ1v) is 8.27. The van der Waals surface area contributed by atoms with E-state index in [1.54, 1.807) is 0 Å². The number of hydrogen-bond acceptors (Lipinski definition) is 2. The van der Waals surface area contributed by atoms with E-state index < -0.39 is 0 Å². The molecule has 0 aliphatic rings. The molecule has 2 aromatic heterocycles. The molecule has 0 aliphatic carbocycles. The fourth-order valence-electron chi connectivity index (χ4n) is 2.96. The van der Waals surface area contributed by atoms with E-state index in [2.05, 4.69) is 35.8 Å². The molecule has 2 aromatic carbocycles. The summed E-state index contributed by atoms with van der Waals surface area (Å²) in [5.41, 5.74) is 4.43. The van der Waals surface area contributed by atoms with Gasteiger partial charge in [0, 0.05) is 5.02 Å². The van der Waals surface area contributed by atoms with Gasteiger partial charge in [0.25, 0.3) is 0 Å². The number of rotatable bonds is 3. The van der Waals surface area contributed by atoms with Crippen molar-refractivity contribution in [1.29, 1.82) is 0 Å². The molecule has 2 heterocycles. The summed E-state index contributed by atoms with van der Waals surface area (Å²) in [6.45, 7) is 4.78. The van der Waals surface area contributed by atoms with Gasteiger partial charge in [-0.05, 0) is 55.3 Å². The zero-order valence-corrected chi connectivity index (χ0v) is 14.3. The van der Waals surface area contributed by atoms with Crippen LogP contribution >= 0.6 is 11.6 Å². The van der Waals surface area contributed by atoms with Crippen LogP contribution in [0.4, 0.5) is 0 Å². The molecule has 0 saturated carbocycles. The summed E-state index contributed by atoms with van der Waals surface area (Å²) in [4.78, 5) is 4.77. The number of aryl methyl sites for hydroxylation is 2. The van der Waals surface area contributed by atoms with E-state index in [1.165, 1.54) is 11.1 Å². The Morgan fingerprint density at radius 1 is 1.04 bits per heavy atom. The van der Waals surface area contributed by atoms with E-state index in [0.29, 0.717) is 5.02 Å². The molecule has 4 rings (SSSR count). The van der Waals surface area contributed by atoms with Crippen LogP contribution in [0, 0.1) is 13.8 Å². The Kier molecular flexibility index (Phi) is 3.66. The van der Waals surface area contributed by atoms with Gasteiger partial charge in [-0.1, -0.05) is 35.9 Å². The molecular formula is C20H17ClN2O. The average Bonchev–Trinajstić information content (AvgIpc) is 3.14. The third-order valence-electron chi connectivity index (χ3n) is 4.26. The maximum atomic E-state index is 6.22. The predicted octanol–water partition coefficient (Wildman–Crippen LogP) is 5.61. The number of halogens is 1. The van der Waals surface area contributed by atoms with E-state index in [9.17, 15) is 0 Å². The molecule has 24 heavy (non-hydrogen) atoms. The Bertz CT molecular complexity index is 1030. The highest BCUT2D eigenvalue weighted by atomic mass is 35.5. The standard InChI is InChI=1S/C20H17ClN2O/c1-13-5-3-4-6-15(13)12-23-18-11-16(21)8-9-17(18)22-20(23)19-10-7-14(2)24-19/h3-11H,12H2,1-2H3. The van der Waals surface area contributed by atoms with Crippen molar-refractivity contribution in [3.63, 3.8) is 0 Å². The molecule has 120 valence electrons. The molecule has 0 bridgehead atoms. The first-order chi connectivity index (χ1) is 11.6. The average molecular weight is 337 g/mol. The van der Waals surface area contributed by atoms with Crippen LogP contribution in [0.5, 0.6) is 0 Å². The van der Waals surface area contributed by atoms with Gasteiger partial charge in [0.2, 0.25) is 0 Å². The van der Waals surface area contributed by atoms with Gasteiger partial charge in [0.15, 0.2) is 11.6 Å². The van der Waals surface area contributed by atoms with Crippen molar-refractivity contribution in [3.8, 4) is 11.6 Å². The highest BCUT2D eigenvalue weighted by molar-refractivity contribution is 6.31. The monoisotopic (exact) mass is 336 g/mol. The molecule has 3 nitrogen and oxygen atoms in total. The number of fused-ring (bicyclic) bond motifs is 1. The lowest BCUT2D eigenvalue weighted by Crippen LogP contribution is -2.03. The zero-order chi connectivity index (χ0) is 16.7. The van der Waals surface area contributed by atoms with Gasteiger partial charge in [-0.3, -0.25) is 0 Å². The molecule has 0 fully saturated rings. The van der Waals surface area contributed by atoms with Gasteiger partial charge < -0.3 is 8.98 Å². The molecule has 4 heteroatoms. The summed E-state index contributed by atoms with van der Waals surface area (Å²) in [6.07, 6.45) is 0. The molecule has 0 N–H and O–H groups in total. The Morgan fingerprint density at radius 2 is 1.88 bits per heavy atom. The first kappa shape index (κ1) is 15.0. The summed E-state index contributed by atoms with van der Waals surface area (Å²) >= 11 is 6.22. The topological polar surface area (TPSA) is 31.0 Å². The zero-order valence-electron chi connectivity index (χ0n) is 13.6. The summed E-state index contributed by atoms with van der Waals surface area (Å²) in [5.74, 6) is 2.47. The second-order valence-electron chi connectivity index (χ2n) is 5.99. The Balaban J connectivity index is 1.93. The minimum absolute atomic E-state index is 0.704. The van der Waals surface area contributed by atoms with Gasteiger partial charge in [-0.2, -0.15) is 0 Å². The first-order valence-electron chi connectivity index (χ1n) is 7.89. The maximum Gasteiger partial charge on any atom is 0.177 e. The van der Waals surface area contributed by atoms with Gasteiger partial charge in [0.1, 0.15) is 5.76 Å². The minimum Gasteiger partial charge on any atom is -0.458 e. The van der Waals surface area contributed by atoms with Crippen LogP contribution in [0.3, 0.4) is 0 Å². The van der Waals surface area contributed by atoms with Crippen molar-refractivity contribution >= 4 is 22.6 Å². The molecule has 0 spiro atoms. The van der Waals surface area contributed by atoms with Crippen molar-refractivity contribution in [1.82, 2.24) is 9.55 Å². The lowest BCUT2D eigenvalue weighted by molar-refractivity contribution is 0.540. The molecule has 0 saturated heterocycles. The summed E-state index contributed by atoms with van der Waals surface area (Å²) < 4.78 is 7.99. The van der Waals surface area contributed by atoms with Crippen molar-refractivity contribution in [2.75, 3.05) is 0 Å². The normalized spacial score (nSPS) is 11.3. The number of furan rings is 1. The second kappa shape index (κ2) is 5.84. The number of aromatic nitrogens is 2. The van der Waals surface area contributed by atoms with Crippen LogP contribution < -0.4 is 0 Å². The molecule has 0 unspecified atom stereocenters. The third kappa shape index (κ3) is 2.61. The fourth-order valence-corrected chi connectivity index (χ4v) is 3.12. The molecule has 0 radical (unpaired) electrons. The van der Waals surface area contributed by atoms with E-state index in [4.69, 9.17) is 21.0 Å². The van der Waals surface area contributed by atoms with Gasteiger partial charge >= 0.3 is 0 Å². The van der Waals surface area contributed by atoms with Crippen LogP contribution in [-0.4, -0.2) is 9.55 Å². The van der Waals surface area contributed by atoms with Crippen molar-refractivity contribution in [2.24, 2.45) is 0 Å². The Hall–Kier alpha value is -2.52. The Morgan fingerprint density at radius 3 is 2.62 bits per heavy atom. The van der Waals surface area contributed by atoms with Crippen molar-refractivity contribution in [2.45, 2.75) is 20.4 Å². The highest BCUT2D eigenvalue weighted by Crippen LogP contribution is 2.29. The largest absolute Gasteiger partial charge is 0.458 e. The van der Waals surface area contributed by atoms with E-state index in [1.807, 2.05) is 37.3 Å². The second-order valence-corrected chi connectivity index (χ2v) is 6.43. The molecule has 0 atom stereocenters. The van der Waals surface area contributed by atoms with Crippen molar-refractivity contribution < 1.29 is 4.42 Å². The van der Waals surface area contributed by atoms with E-state index >= 15 is 0 Å². The number of nitrogens with zero attached hydrogens (tertiary/aromatic N) is 2. The third-order valence-corrected chi connectivity index (χ3v) is 4.50. The lowest BCUT2D eigenvalue weighted by Gasteiger charge is -2.10. The number of benzene rings is 2. The molecule has 4 aromatic rings. The molecular weight excluding hydrogens is 320 g/mol. The van der Waals surface area contributed by atoms with Crippen LogP contribution in [0.15, 0.2) is 59.0 Å². The predicted molar refractivity (Wildman–Crippen MR) is 97.5 cm³/mol. The van der Waals surface area contributed by atoms with Gasteiger partial charge in [0.05, 0.1) is 17.6 Å². The summed E-state index contributed by atoms with van der Waals surface area (Å²) in [6, 6.07) is 18.1. The smallest absolute Gasteiger partial charge is 0.177 e. The minimum atomic E-state index is 0.704. The quantitative estimate of drug-likeness (QED) is 0.486. The van der Waals surface area contributed by atoms with Gasteiger partial charge in [-0.25, -0.2) is 4.98 Å². The summed E-state index contributed by atoms with van der Waals surface area (Å²) in [7, 11) is 0. The van der Waals surface area contributed by atoms with E-state index in [0.717, 1.165) is 34.9 Å². The van der Waals surface area contributed by atoms with Crippen LogP contribution in [0.1, 0.15) is 16.9 Å². The van der Waals surface area contributed by atoms with Crippen LogP contribution in [0.2, 0.25) is 5.02 Å². The van der Waals surface area contributed by atoms with Crippen molar-refractivity contribution in [3.05, 3.63) is 76.5 Å². The van der Waals surface area contributed by atoms with Crippen LogP contribution in [0.25, 0.3) is 22.6 Å². The highest BCUT2D eigenvalue weighted by Gasteiger charge is 2.16. The SMILES string of the molecule is Cc1ccc(-c2nc3ccc(Cl)cc3n2Cc2ccccc2C)o1. The molecule has 0 aliphatic heterocycles. The van der Waals surface area contributed by atoms with E-state index in [-0.39, 0.29) is 0 Å². The maximum absolute atomic E-state index is 6.22.